The predicted molar refractivity (Wildman–Crippen MR) is 25.2 cm³/mol. The van der Waals surface area contributed by atoms with Crippen LogP contribution in [0, 0.1) is 0 Å². The van der Waals surface area contributed by atoms with E-state index in [2.05, 4.69) is 0 Å². The molecule has 2 aliphatic rings. The molecule has 2 fully saturated rings. The van der Waals surface area contributed by atoms with Crippen LogP contribution in [0.15, 0.2) is 0 Å². The zero-order valence-corrected chi connectivity index (χ0v) is 4.41. The van der Waals surface area contributed by atoms with Gasteiger partial charge in [-0.1, -0.05) is 0 Å². The summed E-state index contributed by atoms with van der Waals surface area (Å²) in [4.78, 5) is 0. The molecule has 0 aliphatic carbocycles. The fraction of sp³-hybridized carbons (Fsp3) is 1.00. The molecule has 3 atom stereocenters. The molecule has 3 nitrogen and oxygen atoms in total. The van der Waals surface area contributed by atoms with E-state index in [9.17, 15) is 0 Å². The lowest BCUT2D eigenvalue weighted by atomic mass is 10.2. The van der Waals surface area contributed by atoms with E-state index in [0.29, 0.717) is 12.7 Å². The van der Waals surface area contributed by atoms with Crippen molar-refractivity contribution in [3.05, 3.63) is 0 Å². The molecule has 0 amide bonds. The topological polar surface area (TPSA) is 42.0 Å². The van der Waals surface area contributed by atoms with Crippen LogP contribution in [0.5, 0.6) is 0 Å². The Morgan fingerprint density at radius 3 is 3.00 bits per heavy atom. The first-order valence-electron chi connectivity index (χ1n) is 2.83. The van der Waals surface area contributed by atoms with Gasteiger partial charge in [0.2, 0.25) is 0 Å². The highest BCUT2D eigenvalue weighted by molar-refractivity contribution is 4.89. The highest BCUT2D eigenvalue weighted by atomic mass is 16.7. The van der Waals surface area contributed by atoms with Gasteiger partial charge in [-0.25, -0.2) is 0 Å². The fourth-order valence-electron chi connectivity index (χ4n) is 1.04. The minimum absolute atomic E-state index is 0.00347. The van der Waals surface area contributed by atoms with Gasteiger partial charge in [-0.3, -0.25) is 0 Å². The summed E-state index contributed by atoms with van der Waals surface area (Å²) in [7, 11) is 0. The smallest absolute Gasteiger partial charge is 0.183 e. The van der Waals surface area contributed by atoms with E-state index in [1.54, 1.807) is 0 Å². The Morgan fingerprint density at radius 2 is 2.38 bits per heavy atom. The van der Waals surface area contributed by atoms with Crippen molar-refractivity contribution in [1.82, 2.24) is 0 Å². The van der Waals surface area contributed by atoms with Gasteiger partial charge in [0.25, 0.3) is 0 Å². The average molecular weight is 116 g/mol. The summed E-state index contributed by atoms with van der Waals surface area (Å²) in [6, 6.07) is 0. The average Bonchev–Trinajstić information content (AvgIpc) is 2.45. The predicted octanol–water partition coefficient (Wildman–Crippen LogP) is -0.508. The van der Waals surface area contributed by atoms with Crippen molar-refractivity contribution in [3.8, 4) is 0 Å². The molecule has 2 saturated heterocycles. The van der Waals surface area contributed by atoms with Crippen molar-refractivity contribution < 1.29 is 14.6 Å². The van der Waals surface area contributed by atoms with Crippen LogP contribution < -0.4 is 0 Å². The molecule has 0 radical (unpaired) electrons. The summed E-state index contributed by atoms with van der Waals surface area (Å²) >= 11 is 0. The lowest BCUT2D eigenvalue weighted by Crippen LogP contribution is -2.26. The van der Waals surface area contributed by atoms with Crippen LogP contribution in [0.3, 0.4) is 0 Å². The Hall–Kier alpha value is -0.120. The second-order valence-corrected chi connectivity index (χ2v) is 2.19. The van der Waals surface area contributed by atoms with E-state index in [0.717, 1.165) is 6.42 Å². The molecule has 2 rings (SSSR count). The molecule has 8 heavy (non-hydrogen) atoms. The fourth-order valence-corrected chi connectivity index (χ4v) is 1.04. The summed E-state index contributed by atoms with van der Waals surface area (Å²) in [5, 5.41) is 8.87. The molecule has 0 saturated carbocycles. The van der Waals surface area contributed by atoms with Gasteiger partial charge in [0.1, 0.15) is 6.10 Å². The van der Waals surface area contributed by atoms with Crippen molar-refractivity contribution in [3.63, 3.8) is 0 Å². The van der Waals surface area contributed by atoms with Gasteiger partial charge in [0, 0.05) is 0 Å². The van der Waals surface area contributed by atoms with E-state index in [1.165, 1.54) is 0 Å². The second-order valence-electron chi connectivity index (χ2n) is 2.19. The van der Waals surface area contributed by atoms with Crippen molar-refractivity contribution in [2.45, 2.75) is 24.9 Å². The number of hydrogen-bond acceptors (Lipinski definition) is 3. The summed E-state index contributed by atoms with van der Waals surface area (Å²) in [6.07, 6.45) is 0.609. The van der Waals surface area contributed by atoms with Crippen LogP contribution in [-0.4, -0.2) is 30.2 Å². The second kappa shape index (κ2) is 1.43. The van der Waals surface area contributed by atoms with Gasteiger partial charge < -0.3 is 14.6 Å². The Bertz CT molecular complexity index is 104. The molecule has 0 unspecified atom stereocenters. The van der Waals surface area contributed by atoms with Crippen LogP contribution in [0.4, 0.5) is 0 Å². The van der Waals surface area contributed by atoms with E-state index >= 15 is 0 Å². The van der Waals surface area contributed by atoms with Crippen molar-refractivity contribution in [2.24, 2.45) is 0 Å². The largest absolute Gasteiger partial charge is 0.366 e. The number of ether oxygens (including phenoxy) is 2. The van der Waals surface area contributed by atoms with Gasteiger partial charge in [0.15, 0.2) is 6.29 Å². The molecule has 0 bridgehead atoms. The maximum absolute atomic E-state index is 8.87. The minimum atomic E-state index is -0.645. The quantitative estimate of drug-likeness (QED) is 0.433. The lowest BCUT2D eigenvalue weighted by Gasteiger charge is -2.11. The summed E-state index contributed by atoms with van der Waals surface area (Å²) in [5.41, 5.74) is 0. The molecule has 1 N–H and O–H groups in total. The molecular formula is C5H8O3. The van der Waals surface area contributed by atoms with Gasteiger partial charge in [0.05, 0.1) is 12.7 Å². The van der Waals surface area contributed by atoms with Crippen molar-refractivity contribution in [1.29, 1.82) is 0 Å². The zero-order chi connectivity index (χ0) is 5.56. The van der Waals surface area contributed by atoms with Gasteiger partial charge in [-0.15, -0.1) is 0 Å². The third-order valence-corrected chi connectivity index (χ3v) is 1.59. The van der Waals surface area contributed by atoms with Crippen molar-refractivity contribution in [2.75, 3.05) is 6.61 Å². The number of hydrogen-bond donors (Lipinski definition) is 1. The van der Waals surface area contributed by atoms with E-state index in [1.807, 2.05) is 0 Å². The highest BCUT2D eigenvalue weighted by Crippen LogP contribution is 2.32. The number of rotatable bonds is 0. The van der Waals surface area contributed by atoms with Gasteiger partial charge >= 0.3 is 0 Å². The molecule has 0 spiro atoms. The number of aliphatic hydroxyl groups excluding tert-OH is 1. The maximum Gasteiger partial charge on any atom is 0.183 e. The monoisotopic (exact) mass is 116 g/mol. The zero-order valence-electron chi connectivity index (χ0n) is 4.41. The Morgan fingerprint density at radius 1 is 1.50 bits per heavy atom. The maximum atomic E-state index is 8.87. The number of epoxide rings is 1. The first-order chi connectivity index (χ1) is 3.88. The van der Waals surface area contributed by atoms with Crippen LogP contribution in [0.2, 0.25) is 0 Å². The van der Waals surface area contributed by atoms with Crippen LogP contribution in [-0.2, 0) is 9.47 Å². The summed E-state index contributed by atoms with van der Waals surface area (Å²) in [5.74, 6) is 0. The SMILES string of the molecule is O[C@@H]1OCC[C@H]2O[C@@H]12. The first-order valence-corrected chi connectivity index (χ1v) is 2.83. The van der Waals surface area contributed by atoms with Crippen molar-refractivity contribution >= 4 is 0 Å². The summed E-state index contributed by atoms with van der Waals surface area (Å²) < 4.78 is 9.88. The third kappa shape index (κ3) is 0.555. The first kappa shape index (κ1) is 4.73. The Labute approximate surface area is 47.2 Å². The molecule has 2 heterocycles. The standard InChI is InChI=1S/C5H8O3/c6-5-4-3(8-4)1-2-7-5/h3-6H,1-2H2/t3-,4-,5-/m1/s1. The third-order valence-electron chi connectivity index (χ3n) is 1.59. The number of fused-ring (bicyclic) bond motifs is 1. The van der Waals surface area contributed by atoms with Crippen LogP contribution >= 0.6 is 0 Å². The molecular weight excluding hydrogens is 108 g/mol. The van der Waals surface area contributed by atoms with E-state index < -0.39 is 6.29 Å². The van der Waals surface area contributed by atoms with Crippen LogP contribution in [0.1, 0.15) is 6.42 Å². The van der Waals surface area contributed by atoms with E-state index in [4.69, 9.17) is 14.6 Å². The van der Waals surface area contributed by atoms with Crippen LogP contribution in [0.25, 0.3) is 0 Å². The summed E-state index contributed by atoms with van der Waals surface area (Å²) in [6.45, 7) is 0.641. The Kier molecular flexibility index (Phi) is 0.848. The highest BCUT2D eigenvalue weighted by Gasteiger charge is 2.47. The lowest BCUT2D eigenvalue weighted by molar-refractivity contribution is -0.118. The Balaban J connectivity index is 1.99. The molecule has 0 aromatic carbocycles. The molecule has 3 heteroatoms. The van der Waals surface area contributed by atoms with Gasteiger partial charge in [-0.05, 0) is 6.42 Å². The molecule has 0 aromatic rings. The molecule has 0 aromatic heterocycles. The number of aliphatic hydroxyl groups is 1. The molecule has 46 valence electrons. The van der Waals surface area contributed by atoms with Gasteiger partial charge in [-0.2, -0.15) is 0 Å². The minimum Gasteiger partial charge on any atom is -0.366 e. The normalized spacial score (nSPS) is 52.9. The van der Waals surface area contributed by atoms with E-state index in [-0.39, 0.29) is 6.10 Å². The molecule has 2 aliphatic heterocycles.